The van der Waals surface area contributed by atoms with Gasteiger partial charge in [0.1, 0.15) is 0 Å². The van der Waals surface area contributed by atoms with Gasteiger partial charge < -0.3 is 5.32 Å². The van der Waals surface area contributed by atoms with Crippen LogP contribution in [0.3, 0.4) is 0 Å². The zero-order valence-electron chi connectivity index (χ0n) is 9.60. The molecule has 2 fully saturated rings. The summed E-state index contributed by atoms with van der Waals surface area (Å²) in [7, 11) is 0. The van der Waals surface area contributed by atoms with E-state index < -0.39 is 0 Å². The van der Waals surface area contributed by atoms with Gasteiger partial charge in [-0.2, -0.15) is 0 Å². The van der Waals surface area contributed by atoms with E-state index in [0.29, 0.717) is 0 Å². The molecule has 0 saturated carbocycles. The van der Waals surface area contributed by atoms with Gasteiger partial charge in [0.05, 0.1) is 5.69 Å². The zero-order chi connectivity index (χ0) is 10.8. The first-order valence-corrected chi connectivity index (χ1v) is 6.28. The molecule has 0 spiro atoms. The summed E-state index contributed by atoms with van der Waals surface area (Å²) >= 11 is 0. The number of nitrogens with one attached hydrogen (secondary N) is 1. The fourth-order valence-electron chi connectivity index (χ4n) is 3.06. The quantitative estimate of drug-likeness (QED) is 0.808. The van der Waals surface area contributed by atoms with Gasteiger partial charge in [0, 0.05) is 25.3 Å². The number of piperidine rings is 1. The third kappa shape index (κ3) is 1.97. The van der Waals surface area contributed by atoms with Crippen LogP contribution in [0, 0.1) is 5.92 Å². The summed E-state index contributed by atoms with van der Waals surface area (Å²) in [5, 5.41) is 3.52. The lowest BCUT2D eigenvalue weighted by Gasteiger charge is -2.36. The van der Waals surface area contributed by atoms with Crippen LogP contribution >= 0.6 is 0 Å². The molecule has 3 nitrogen and oxygen atoms in total. The van der Waals surface area contributed by atoms with E-state index in [2.05, 4.69) is 27.3 Å². The van der Waals surface area contributed by atoms with E-state index in [-0.39, 0.29) is 0 Å². The lowest BCUT2D eigenvalue weighted by atomic mass is 9.92. The molecule has 0 aliphatic carbocycles. The highest BCUT2D eigenvalue weighted by molar-refractivity contribution is 5.04. The lowest BCUT2D eigenvalue weighted by Crippen LogP contribution is -2.44. The van der Waals surface area contributed by atoms with Crippen molar-refractivity contribution in [3.8, 4) is 0 Å². The third-order valence-corrected chi connectivity index (χ3v) is 3.88. The van der Waals surface area contributed by atoms with Gasteiger partial charge in [0.15, 0.2) is 0 Å². The van der Waals surface area contributed by atoms with Crippen molar-refractivity contribution in [1.82, 2.24) is 15.2 Å². The Morgan fingerprint density at radius 3 is 3.25 bits per heavy atom. The van der Waals surface area contributed by atoms with E-state index in [9.17, 15) is 0 Å². The Morgan fingerprint density at radius 2 is 2.38 bits per heavy atom. The second kappa shape index (κ2) is 4.52. The molecule has 3 heteroatoms. The first-order chi connectivity index (χ1) is 7.93. The largest absolute Gasteiger partial charge is 0.315 e. The highest BCUT2D eigenvalue weighted by atomic mass is 15.2. The molecular weight excluding hydrogens is 198 g/mol. The normalized spacial score (nSPS) is 30.2. The predicted molar refractivity (Wildman–Crippen MR) is 64.0 cm³/mol. The molecule has 0 aromatic carbocycles. The van der Waals surface area contributed by atoms with Crippen molar-refractivity contribution in [2.75, 3.05) is 19.6 Å². The van der Waals surface area contributed by atoms with Crippen LogP contribution in [-0.4, -0.2) is 35.6 Å². The molecular formula is C13H19N3. The van der Waals surface area contributed by atoms with Crippen molar-refractivity contribution in [3.05, 3.63) is 30.1 Å². The topological polar surface area (TPSA) is 28.2 Å². The van der Waals surface area contributed by atoms with Crippen LogP contribution in [0.4, 0.5) is 0 Å². The molecule has 2 saturated heterocycles. The van der Waals surface area contributed by atoms with Crippen molar-refractivity contribution in [3.63, 3.8) is 0 Å². The Labute approximate surface area is 96.9 Å². The number of fused-ring (bicyclic) bond motifs is 1. The Kier molecular flexibility index (Phi) is 2.89. The molecule has 1 aromatic heterocycles. The average Bonchev–Trinajstić information content (AvgIpc) is 2.80. The molecule has 3 heterocycles. The summed E-state index contributed by atoms with van der Waals surface area (Å²) in [6.07, 6.45) is 4.63. The Bertz CT molecular complexity index is 338. The maximum absolute atomic E-state index is 4.42. The summed E-state index contributed by atoms with van der Waals surface area (Å²) in [5.41, 5.74) is 1.20. The maximum Gasteiger partial charge on any atom is 0.0544 e. The summed E-state index contributed by atoms with van der Waals surface area (Å²) < 4.78 is 0. The van der Waals surface area contributed by atoms with Gasteiger partial charge in [-0.3, -0.25) is 9.88 Å². The van der Waals surface area contributed by atoms with Crippen LogP contribution in [0.5, 0.6) is 0 Å². The van der Waals surface area contributed by atoms with Gasteiger partial charge in [0.25, 0.3) is 0 Å². The average molecular weight is 217 g/mol. The number of pyridine rings is 1. The van der Waals surface area contributed by atoms with Crippen LogP contribution in [0.2, 0.25) is 0 Å². The molecule has 2 aliphatic rings. The number of likely N-dealkylation sites (tertiary alicyclic amines) is 1. The SMILES string of the molecule is c1ccc(CN2CCCC3CNCC32)nc1. The molecule has 1 N–H and O–H groups in total. The monoisotopic (exact) mass is 217 g/mol. The minimum atomic E-state index is 0.746. The Balaban J connectivity index is 1.70. The van der Waals surface area contributed by atoms with Crippen molar-refractivity contribution in [1.29, 1.82) is 0 Å². The van der Waals surface area contributed by atoms with Gasteiger partial charge in [-0.25, -0.2) is 0 Å². The zero-order valence-corrected chi connectivity index (χ0v) is 9.60. The van der Waals surface area contributed by atoms with Crippen LogP contribution in [-0.2, 0) is 6.54 Å². The molecule has 2 aliphatic heterocycles. The fraction of sp³-hybridized carbons (Fsp3) is 0.615. The van der Waals surface area contributed by atoms with Gasteiger partial charge in [0.2, 0.25) is 0 Å². The number of hydrogen-bond acceptors (Lipinski definition) is 3. The van der Waals surface area contributed by atoms with Gasteiger partial charge in [-0.05, 0) is 44.0 Å². The molecule has 0 bridgehead atoms. The van der Waals surface area contributed by atoms with Crippen molar-refractivity contribution < 1.29 is 0 Å². The minimum absolute atomic E-state index is 0.746. The van der Waals surface area contributed by atoms with Crippen molar-refractivity contribution >= 4 is 0 Å². The maximum atomic E-state index is 4.42. The second-order valence-electron chi connectivity index (χ2n) is 4.92. The van der Waals surface area contributed by atoms with Crippen molar-refractivity contribution in [2.24, 2.45) is 5.92 Å². The van der Waals surface area contributed by atoms with E-state index in [1.54, 1.807) is 0 Å². The van der Waals surface area contributed by atoms with Gasteiger partial charge in [-0.1, -0.05) is 6.07 Å². The smallest absolute Gasteiger partial charge is 0.0544 e. The molecule has 2 atom stereocenters. The predicted octanol–water partition coefficient (Wildman–Crippen LogP) is 1.27. The highest BCUT2D eigenvalue weighted by Crippen LogP contribution is 2.27. The standard InChI is InChI=1S/C13H19N3/c1-2-6-15-12(5-1)10-16-7-3-4-11-8-14-9-13(11)16/h1-2,5-6,11,13-14H,3-4,7-10H2. The summed E-state index contributed by atoms with van der Waals surface area (Å²) in [4.78, 5) is 7.03. The van der Waals surface area contributed by atoms with Gasteiger partial charge in [-0.15, -0.1) is 0 Å². The molecule has 86 valence electrons. The second-order valence-corrected chi connectivity index (χ2v) is 4.92. The van der Waals surface area contributed by atoms with Crippen molar-refractivity contribution in [2.45, 2.75) is 25.4 Å². The van der Waals surface area contributed by atoms with Gasteiger partial charge >= 0.3 is 0 Å². The van der Waals surface area contributed by atoms with Crippen LogP contribution in [0.15, 0.2) is 24.4 Å². The molecule has 1 aromatic rings. The molecule has 16 heavy (non-hydrogen) atoms. The summed E-state index contributed by atoms with van der Waals surface area (Å²) in [5.74, 6) is 0.873. The first kappa shape index (κ1) is 10.2. The molecule has 0 amide bonds. The van der Waals surface area contributed by atoms with E-state index in [4.69, 9.17) is 0 Å². The minimum Gasteiger partial charge on any atom is -0.315 e. The van der Waals surface area contributed by atoms with Crippen LogP contribution in [0.25, 0.3) is 0 Å². The van der Waals surface area contributed by atoms with E-state index >= 15 is 0 Å². The fourth-order valence-corrected chi connectivity index (χ4v) is 3.06. The molecule has 0 radical (unpaired) electrons. The van der Waals surface area contributed by atoms with E-state index in [1.165, 1.54) is 31.6 Å². The highest BCUT2D eigenvalue weighted by Gasteiger charge is 2.34. The molecule has 2 unspecified atom stereocenters. The number of nitrogens with zero attached hydrogens (tertiary/aromatic N) is 2. The summed E-state index contributed by atoms with van der Waals surface area (Å²) in [6, 6.07) is 6.94. The third-order valence-electron chi connectivity index (χ3n) is 3.88. The Morgan fingerprint density at radius 1 is 1.38 bits per heavy atom. The lowest BCUT2D eigenvalue weighted by molar-refractivity contribution is 0.116. The van der Waals surface area contributed by atoms with Crippen LogP contribution < -0.4 is 5.32 Å². The number of hydrogen-bond donors (Lipinski definition) is 1. The summed E-state index contributed by atoms with van der Waals surface area (Å²) in [6.45, 7) is 4.63. The molecule has 3 rings (SSSR count). The Hall–Kier alpha value is -0.930. The van der Waals surface area contributed by atoms with E-state index in [1.807, 2.05) is 12.3 Å². The van der Waals surface area contributed by atoms with Crippen LogP contribution in [0.1, 0.15) is 18.5 Å². The number of rotatable bonds is 2. The number of aromatic nitrogens is 1. The van der Waals surface area contributed by atoms with E-state index in [0.717, 1.165) is 25.0 Å². The first-order valence-electron chi connectivity index (χ1n) is 6.28.